The fourth-order valence-electron chi connectivity index (χ4n) is 2.39. The molecule has 1 N–H and O–H groups in total. The molecule has 0 saturated heterocycles. The molecule has 2 aromatic carbocycles. The van der Waals surface area contributed by atoms with Crippen molar-refractivity contribution in [2.24, 2.45) is 0 Å². The summed E-state index contributed by atoms with van der Waals surface area (Å²) < 4.78 is 0. The first-order chi connectivity index (χ1) is 11.8. The van der Waals surface area contributed by atoms with Gasteiger partial charge in [0.1, 0.15) is 5.25 Å². The third-order valence-corrected chi connectivity index (χ3v) is 5.63. The Kier molecular flexibility index (Phi) is 6.10. The Morgan fingerprint density at radius 2 is 1.71 bits per heavy atom. The number of thioether (sulfide) groups is 1. The first-order valence-corrected chi connectivity index (χ1v) is 9.70. The Morgan fingerprint density at radius 1 is 1.00 bits per heavy atom. The van der Waals surface area contributed by atoms with Gasteiger partial charge in [-0.05, 0) is 46.5 Å². The molecule has 0 radical (unpaired) electrons. The fourth-order valence-corrected chi connectivity index (χ4v) is 4.17. The predicted molar refractivity (Wildman–Crippen MR) is 103 cm³/mol. The van der Waals surface area contributed by atoms with Crippen LogP contribution in [0.4, 0.5) is 0 Å². The van der Waals surface area contributed by atoms with E-state index in [9.17, 15) is 4.79 Å². The van der Waals surface area contributed by atoms with E-state index in [1.54, 1.807) is 23.1 Å². The highest BCUT2D eigenvalue weighted by atomic mass is 32.2. The van der Waals surface area contributed by atoms with Gasteiger partial charge in [-0.3, -0.25) is 4.79 Å². The van der Waals surface area contributed by atoms with Crippen LogP contribution in [0.15, 0.2) is 82.4 Å². The van der Waals surface area contributed by atoms with Crippen molar-refractivity contribution in [1.29, 1.82) is 0 Å². The molecule has 0 bridgehead atoms. The summed E-state index contributed by atoms with van der Waals surface area (Å²) in [7, 11) is 0. The Bertz CT molecular complexity index is 742. The maximum absolute atomic E-state index is 12.7. The van der Waals surface area contributed by atoms with Crippen LogP contribution in [0.2, 0.25) is 0 Å². The Morgan fingerprint density at radius 3 is 2.38 bits per heavy atom. The van der Waals surface area contributed by atoms with Crippen molar-refractivity contribution in [3.63, 3.8) is 0 Å². The molecule has 0 spiro atoms. The summed E-state index contributed by atoms with van der Waals surface area (Å²) in [6, 6.07) is 22.1. The van der Waals surface area contributed by atoms with Crippen LogP contribution < -0.4 is 5.32 Å². The van der Waals surface area contributed by atoms with Gasteiger partial charge >= 0.3 is 0 Å². The lowest BCUT2D eigenvalue weighted by Crippen LogP contribution is -2.29. The van der Waals surface area contributed by atoms with Gasteiger partial charge in [0.25, 0.3) is 0 Å². The average Bonchev–Trinajstić information content (AvgIpc) is 3.15. The number of rotatable bonds is 7. The minimum Gasteiger partial charge on any atom is -0.354 e. The maximum atomic E-state index is 12.7. The van der Waals surface area contributed by atoms with Crippen LogP contribution in [0.5, 0.6) is 0 Å². The van der Waals surface area contributed by atoms with E-state index in [0.717, 1.165) is 16.9 Å². The minimum absolute atomic E-state index is 0.0604. The molecule has 3 rings (SSSR count). The number of nitrogens with one attached hydrogen (secondary N) is 1. The smallest absolute Gasteiger partial charge is 0.238 e. The average molecular weight is 354 g/mol. The molecule has 4 heteroatoms. The first kappa shape index (κ1) is 16.8. The zero-order valence-corrected chi connectivity index (χ0v) is 14.9. The lowest BCUT2D eigenvalue weighted by Gasteiger charge is -2.17. The number of hydrogen-bond acceptors (Lipinski definition) is 3. The van der Waals surface area contributed by atoms with Crippen molar-refractivity contribution in [3.05, 3.63) is 88.6 Å². The minimum atomic E-state index is -0.240. The van der Waals surface area contributed by atoms with Gasteiger partial charge in [-0.2, -0.15) is 11.3 Å². The summed E-state index contributed by atoms with van der Waals surface area (Å²) in [5, 5.41) is 7.03. The van der Waals surface area contributed by atoms with Gasteiger partial charge in [-0.1, -0.05) is 48.5 Å². The van der Waals surface area contributed by atoms with Crippen LogP contribution >= 0.6 is 23.1 Å². The topological polar surface area (TPSA) is 29.1 Å². The van der Waals surface area contributed by atoms with E-state index in [1.165, 1.54) is 5.56 Å². The number of benzene rings is 2. The lowest BCUT2D eigenvalue weighted by atomic mass is 10.1. The highest BCUT2D eigenvalue weighted by Crippen LogP contribution is 2.35. The SMILES string of the molecule is O=C(NCCc1ccsc1)C(Sc1ccccc1)c1ccccc1. The molecule has 0 aliphatic rings. The van der Waals surface area contributed by atoms with Gasteiger partial charge in [0.2, 0.25) is 5.91 Å². The number of carbonyl (C=O) groups is 1. The molecule has 1 atom stereocenters. The van der Waals surface area contributed by atoms with Crippen LogP contribution in [0.25, 0.3) is 0 Å². The van der Waals surface area contributed by atoms with Gasteiger partial charge in [0.15, 0.2) is 0 Å². The van der Waals surface area contributed by atoms with E-state index in [1.807, 2.05) is 60.7 Å². The molecular formula is C20H19NOS2. The van der Waals surface area contributed by atoms with Crippen molar-refractivity contribution in [2.45, 2.75) is 16.6 Å². The monoisotopic (exact) mass is 353 g/mol. The second kappa shape index (κ2) is 8.71. The Balaban J connectivity index is 1.68. The van der Waals surface area contributed by atoms with Crippen LogP contribution in [-0.4, -0.2) is 12.5 Å². The summed E-state index contributed by atoms with van der Waals surface area (Å²) >= 11 is 3.27. The van der Waals surface area contributed by atoms with Crippen molar-refractivity contribution in [3.8, 4) is 0 Å². The molecule has 1 unspecified atom stereocenters. The van der Waals surface area contributed by atoms with E-state index in [0.29, 0.717) is 6.54 Å². The highest BCUT2D eigenvalue weighted by molar-refractivity contribution is 8.00. The molecule has 0 aliphatic carbocycles. The zero-order chi connectivity index (χ0) is 16.6. The van der Waals surface area contributed by atoms with E-state index >= 15 is 0 Å². The van der Waals surface area contributed by atoms with Crippen molar-refractivity contribution >= 4 is 29.0 Å². The molecule has 1 amide bonds. The molecular weight excluding hydrogens is 334 g/mol. The summed E-state index contributed by atoms with van der Waals surface area (Å²) in [6.45, 7) is 0.661. The molecule has 0 fully saturated rings. The second-order valence-corrected chi connectivity index (χ2v) is 7.35. The number of amides is 1. The third-order valence-electron chi connectivity index (χ3n) is 3.63. The van der Waals surface area contributed by atoms with Gasteiger partial charge in [-0.15, -0.1) is 11.8 Å². The van der Waals surface area contributed by atoms with E-state index in [-0.39, 0.29) is 11.2 Å². The Hall–Kier alpha value is -2.04. The zero-order valence-electron chi connectivity index (χ0n) is 13.2. The van der Waals surface area contributed by atoms with Gasteiger partial charge < -0.3 is 5.32 Å². The lowest BCUT2D eigenvalue weighted by molar-refractivity contribution is -0.120. The molecule has 24 heavy (non-hydrogen) atoms. The van der Waals surface area contributed by atoms with E-state index in [2.05, 4.69) is 22.1 Å². The maximum Gasteiger partial charge on any atom is 0.238 e. The number of thiophene rings is 1. The second-order valence-electron chi connectivity index (χ2n) is 5.39. The summed E-state index contributed by atoms with van der Waals surface area (Å²) in [4.78, 5) is 13.8. The third kappa shape index (κ3) is 4.73. The van der Waals surface area contributed by atoms with Crippen LogP contribution in [0.3, 0.4) is 0 Å². The van der Waals surface area contributed by atoms with Crippen LogP contribution in [0.1, 0.15) is 16.4 Å². The van der Waals surface area contributed by atoms with Crippen molar-refractivity contribution < 1.29 is 4.79 Å². The molecule has 1 heterocycles. The quantitative estimate of drug-likeness (QED) is 0.610. The normalized spacial score (nSPS) is 11.8. The summed E-state index contributed by atoms with van der Waals surface area (Å²) in [5.41, 5.74) is 2.30. The molecule has 0 aliphatic heterocycles. The predicted octanol–water partition coefficient (Wildman–Crippen LogP) is 4.94. The largest absolute Gasteiger partial charge is 0.354 e. The van der Waals surface area contributed by atoms with Gasteiger partial charge in [0.05, 0.1) is 0 Å². The molecule has 122 valence electrons. The molecule has 1 aromatic heterocycles. The molecule has 2 nitrogen and oxygen atoms in total. The molecule has 0 saturated carbocycles. The first-order valence-electron chi connectivity index (χ1n) is 7.88. The van der Waals surface area contributed by atoms with E-state index < -0.39 is 0 Å². The van der Waals surface area contributed by atoms with E-state index in [4.69, 9.17) is 0 Å². The molecule has 3 aromatic rings. The summed E-state index contributed by atoms with van der Waals surface area (Å²) in [6.07, 6.45) is 0.868. The fraction of sp³-hybridized carbons (Fsp3) is 0.150. The standard InChI is InChI=1S/C20H19NOS2/c22-20(21-13-11-16-12-14-23-15-16)19(17-7-3-1-4-8-17)24-18-9-5-2-6-10-18/h1-10,12,14-15,19H,11,13H2,(H,21,22). The van der Waals surface area contributed by atoms with Gasteiger partial charge in [0, 0.05) is 11.4 Å². The number of hydrogen-bond donors (Lipinski definition) is 1. The Labute approximate surface area is 150 Å². The van der Waals surface area contributed by atoms with Crippen LogP contribution in [-0.2, 0) is 11.2 Å². The highest BCUT2D eigenvalue weighted by Gasteiger charge is 2.21. The number of carbonyl (C=O) groups excluding carboxylic acids is 1. The summed E-state index contributed by atoms with van der Waals surface area (Å²) in [5.74, 6) is 0.0604. The van der Waals surface area contributed by atoms with Gasteiger partial charge in [-0.25, -0.2) is 0 Å². The van der Waals surface area contributed by atoms with Crippen molar-refractivity contribution in [2.75, 3.05) is 6.54 Å². The van der Waals surface area contributed by atoms with Crippen molar-refractivity contribution in [1.82, 2.24) is 5.32 Å². The van der Waals surface area contributed by atoms with Crippen LogP contribution in [0, 0.1) is 0 Å².